The third-order valence-electron chi connectivity index (χ3n) is 1.26. The molecule has 0 atom stereocenters. The molecule has 0 saturated carbocycles. The summed E-state index contributed by atoms with van der Waals surface area (Å²) >= 11 is 0. The van der Waals surface area contributed by atoms with Crippen LogP contribution in [0.4, 0.5) is 0 Å². The fraction of sp³-hybridized carbons (Fsp3) is 0.714. The van der Waals surface area contributed by atoms with Crippen molar-refractivity contribution in [1.82, 2.24) is 0 Å². The van der Waals surface area contributed by atoms with Crippen molar-refractivity contribution in [2.45, 2.75) is 26.7 Å². The predicted molar refractivity (Wildman–Crippen MR) is 50.4 cm³/mol. The molecule has 0 unspecified atom stereocenters. The molecular formula is C7H16O5Sr. The molecule has 0 spiro atoms. The topological polar surface area (TPSA) is 106 Å². The van der Waals surface area contributed by atoms with Crippen LogP contribution in [0, 0.1) is 5.41 Å². The molecular weight excluding hydrogens is 252 g/mol. The van der Waals surface area contributed by atoms with Gasteiger partial charge in [0.25, 0.3) is 0 Å². The van der Waals surface area contributed by atoms with Crippen molar-refractivity contribution >= 4 is 57.4 Å². The van der Waals surface area contributed by atoms with Crippen molar-refractivity contribution in [2.24, 2.45) is 5.41 Å². The van der Waals surface area contributed by atoms with Crippen LogP contribution in [0.15, 0.2) is 0 Å². The summed E-state index contributed by atoms with van der Waals surface area (Å²) in [7, 11) is 0. The zero-order valence-corrected chi connectivity index (χ0v) is 7.13. The van der Waals surface area contributed by atoms with E-state index >= 15 is 0 Å². The predicted octanol–water partition coefficient (Wildman–Crippen LogP) is -0.779. The Labute approximate surface area is 114 Å². The first-order valence-electron chi connectivity index (χ1n) is 3.27. The van der Waals surface area contributed by atoms with E-state index in [0.717, 1.165) is 0 Å². The van der Waals surface area contributed by atoms with E-state index in [9.17, 15) is 9.59 Å². The first kappa shape index (κ1) is 19.0. The van der Waals surface area contributed by atoms with Gasteiger partial charge in [0.15, 0.2) is 0 Å². The summed E-state index contributed by atoms with van der Waals surface area (Å²) in [5, 5.41) is 16.7. The van der Waals surface area contributed by atoms with Crippen LogP contribution in [0.5, 0.6) is 0 Å². The summed E-state index contributed by atoms with van der Waals surface area (Å²) in [5.74, 6) is -1.92. The molecule has 0 aliphatic heterocycles. The molecule has 0 radical (unpaired) electrons. The van der Waals surface area contributed by atoms with Crippen molar-refractivity contribution < 1.29 is 25.3 Å². The van der Waals surface area contributed by atoms with Gasteiger partial charge in [-0.25, -0.2) is 0 Å². The number of carbonyl (C=O) groups is 2. The number of carboxylic acid groups (broad SMARTS) is 2. The van der Waals surface area contributed by atoms with Gasteiger partial charge in [0.05, 0.1) is 12.8 Å². The standard InChI is InChI=1S/C7H12O4.H2O.Sr.2H/c1-7(2,3-5(8)9)4-6(10)11;;;;/h3-4H2,1-2H3,(H,8,9)(H,10,11);1H2;;;. The van der Waals surface area contributed by atoms with Crippen molar-refractivity contribution in [3.63, 3.8) is 0 Å². The summed E-state index contributed by atoms with van der Waals surface area (Å²) in [6.45, 7) is 3.24. The molecule has 0 saturated heterocycles. The molecule has 6 heteroatoms. The van der Waals surface area contributed by atoms with Crippen molar-refractivity contribution in [3.05, 3.63) is 0 Å². The molecule has 0 rings (SSSR count). The second-order valence-electron chi connectivity index (χ2n) is 3.31. The minimum atomic E-state index is -0.962. The average molecular weight is 268 g/mol. The Bertz CT molecular complexity index is 160. The van der Waals surface area contributed by atoms with Crippen LogP contribution in [0.3, 0.4) is 0 Å². The Kier molecular flexibility index (Phi) is 11.4. The third-order valence-corrected chi connectivity index (χ3v) is 1.26. The Balaban J connectivity index is -0.000000500. The van der Waals surface area contributed by atoms with Crippen molar-refractivity contribution in [3.8, 4) is 0 Å². The molecule has 0 amide bonds. The molecule has 0 aliphatic carbocycles. The molecule has 0 aliphatic rings. The monoisotopic (exact) mass is 268 g/mol. The Morgan fingerprint density at radius 1 is 1.08 bits per heavy atom. The number of rotatable bonds is 4. The van der Waals surface area contributed by atoms with Gasteiger partial charge in [-0.05, 0) is 5.41 Å². The fourth-order valence-corrected chi connectivity index (χ4v) is 0.881. The Hall–Kier alpha value is 0.381. The van der Waals surface area contributed by atoms with Gasteiger partial charge in [-0.2, -0.15) is 0 Å². The normalized spacial score (nSPS) is 9.38. The molecule has 5 nitrogen and oxygen atoms in total. The van der Waals surface area contributed by atoms with Crippen LogP contribution < -0.4 is 0 Å². The first-order valence-corrected chi connectivity index (χ1v) is 3.27. The van der Waals surface area contributed by atoms with E-state index in [-0.39, 0.29) is 63.8 Å². The van der Waals surface area contributed by atoms with E-state index in [1.165, 1.54) is 0 Å². The van der Waals surface area contributed by atoms with Crippen LogP contribution in [0.1, 0.15) is 26.7 Å². The van der Waals surface area contributed by atoms with E-state index in [4.69, 9.17) is 10.2 Å². The van der Waals surface area contributed by atoms with Gasteiger partial charge < -0.3 is 15.7 Å². The van der Waals surface area contributed by atoms with Gasteiger partial charge in [0.1, 0.15) is 0 Å². The Morgan fingerprint density at radius 3 is 1.46 bits per heavy atom. The van der Waals surface area contributed by atoms with Gasteiger partial charge in [0, 0.05) is 0 Å². The summed E-state index contributed by atoms with van der Waals surface area (Å²) in [6.07, 6.45) is -0.224. The van der Waals surface area contributed by atoms with E-state index < -0.39 is 17.4 Å². The quantitative estimate of drug-likeness (QED) is 0.652. The molecule has 0 fully saturated rings. The van der Waals surface area contributed by atoms with Crippen LogP contribution in [-0.2, 0) is 9.59 Å². The van der Waals surface area contributed by atoms with Gasteiger partial charge in [-0.1, -0.05) is 13.8 Å². The molecule has 4 N–H and O–H groups in total. The van der Waals surface area contributed by atoms with E-state index in [0.29, 0.717) is 0 Å². The number of hydrogen-bond donors (Lipinski definition) is 2. The average Bonchev–Trinajstić information content (AvgIpc) is 1.53. The molecule has 0 aromatic rings. The third kappa shape index (κ3) is 12.4. The maximum atomic E-state index is 10.2. The molecule has 0 heterocycles. The summed E-state index contributed by atoms with van der Waals surface area (Å²) < 4.78 is 0. The van der Waals surface area contributed by atoms with Crippen molar-refractivity contribution in [2.75, 3.05) is 0 Å². The minimum absolute atomic E-state index is 0. The van der Waals surface area contributed by atoms with Crippen LogP contribution >= 0.6 is 0 Å². The van der Waals surface area contributed by atoms with Gasteiger partial charge in [-0.3, -0.25) is 9.59 Å². The van der Waals surface area contributed by atoms with Gasteiger partial charge >= 0.3 is 57.4 Å². The van der Waals surface area contributed by atoms with Crippen molar-refractivity contribution in [1.29, 1.82) is 0 Å². The first-order chi connectivity index (χ1) is 4.83. The summed E-state index contributed by atoms with van der Waals surface area (Å²) in [5.41, 5.74) is -0.655. The zero-order valence-electron chi connectivity index (χ0n) is 7.13. The summed E-state index contributed by atoms with van der Waals surface area (Å²) in [4.78, 5) is 20.4. The van der Waals surface area contributed by atoms with Crippen LogP contribution in [0.2, 0.25) is 0 Å². The number of hydrogen-bond acceptors (Lipinski definition) is 2. The van der Waals surface area contributed by atoms with E-state index in [2.05, 4.69) is 0 Å². The second-order valence-corrected chi connectivity index (χ2v) is 3.31. The summed E-state index contributed by atoms with van der Waals surface area (Å²) in [6, 6.07) is 0. The van der Waals surface area contributed by atoms with Gasteiger partial charge in [0.2, 0.25) is 0 Å². The molecule has 76 valence electrons. The van der Waals surface area contributed by atoms with Crippen LogP contribution in [-0.4, -0.2) is 73.1 Å². The molecule has 13 heavy (non-hydrogen) atoms. The van der Waals surface area contributed by atoms with E-state index in [1.54, 1.807) is 13.8 Å². The maximum absolute atomic E-state index is 10.2. The molecule has 0 aromatic heterocycles. The fourth-order valence-electron chi connectivity index (χ4n) is 0.881. The van der Waals surface area contributed by atoms with Crippen LogP contribution in [0.25, 0.3) is 0 Å². The Morgan fingerprint density at radius 2 is 1.31 bits per heavy atom. The second kappa shape index (κ2) is 7.75. The molecule has 0 aromatic carbocycles. The number of aliphatic carboxylic acids is 2. The zero-order chi connectivity index (χ0) is 9.07. The van der Waals surface area contributed by atoms with E-state index in [1.807, 2.05) is 0 Å². The van der Waals surface area contributed by atoms with Gasteiger partial charge in [-0.15, -0.1) is 0 Å². The number of carboxylic acids is 2. The molecule has 0 bridgehead atoms. The SMILES string of the molecule is CC(C)(CC(=O)O)CC(=O)O.O.[SrH2].